The molecule has 142 valence electrons. The van der Waals surface area contributed by atoms with Crippen LogP contribution >= 0.6 is 0 Å². The predicted molar refractivity (Wildman–Crippen MR) is 115 cm³/mol. The molecule has 2 aromatic carbocycles. The number of pyridine rings is 2. The Hall–Kier alpha value is -3.60. The van der Waals surface area contributed by atoms with Crippen LogP contribution in [0.1, 0.15) is 24.1 Å². The van der Waals surface area contributed by atoms with Crippen molar-refractivity contribution in [3.8, 4) is 0 Å². The van der Waals surface area contributed by atoms with Gasteiger partial charge >= 0.3 is 0 Å². The zero-order valence-corrected chi connectivity index (χ0v) is 16.0. The summed E-state index contributed by atoms with van der Waals surface area (Å²) in [6, 6.07) is 22.2. The molecule has 5 rings (SSSR count). The molecule has 0 atom stereocenters. The summed E-state index contributed by atoms with van der Waals surface area (Å²) in [7, 11) is 0. The summed E-state index contributed by atoms with van der Waals surface area (Å²) in [6.45, 7) is 0.660. The summed E-state index contributed by atoms with van der Waals surface area (Å²) in [6.07, 6.45) is 3.81. The second-order valence-electron chi connectivity index (χ2n) is 7.22. The number of hydrogen-bond acceptors (Lipinski definition) is 4. The van der Waals surface area contributed by atoms with Crippen LogP contribution in [0.4, 0.5) is 0 Å². The van der Waals surface area contributed by atoms with Crippen LogP contribution in [0.15, 0.2) is 78.0 Å². The minimum absolute atomic E-state index is 0.0721. The van der Waals surface area contributed by atoms with E-state index in [0.717, 1.165) is 45.2 Å². The third-order valence-electron chi connectivity index (χ3n) is 5.28. The lowest BCUT2D eigenvalue weighted by Gasteiger charge is -2.14. The molecular weight excluding hydrogens is 360 g/mol. The maximum Gasteiger partial charge on any atom is 0.242 e. The number of hydrazone groups is 1. The van der Waals surface area contributed by atoms with E-state index in [1.807, 2.05) is 60.8 Å². The third kappa shape index (κ3) is 3.47. The van der Waals surface area contributed by atoms with E-state index in [1.54, 1.807) is 5.01 Å². The molecule has 2 aromatic heterocycles. The van der Waals surface area contributed by atoms with Crippen LogP contribution in [-0.2, 0) is 11.2 Å². The molecule has 0 radical (unpaired) electrons. The molecule has 1 fully saturated rings. The van der Waals surface area contributed by atoms with Gasteiger partial charge in [-0.15, -0.1) is 0 Å². The Balaban J connectivity index is 1.61. The van der Waals surface area contributed by atoms with Crippen molar-refractivity contribution in [1.29, 1.82) is 0 Å². The van der Waals surface area contributed by atoms with Crippen molar-refractivity contribution >= 4 is 33.4 Å². The first-order valence-electron chi connectivity index (χ1n) is 9.84. The Labute approximate surface area is 168 Å². The van der Waals surface area contributed by atoms with E-state index in [0.29, 0.717) is 19.4 Å². The van der Waals surface area contributed by atoms with Crippen LogP contribution in [0.25, 0.3) is 21.8 Å². The molecule has 0 saturated carbocycles. The first-order chi connectivity index (χ1) is 14.3. The Morgan fingerprint density at radius 1 is 0.966 bits per heavy atom. The Bertz CT molecular complexity index is 1240. The number of carbonyl (C=O) groups is 1. The maximum absolute atomic E-state index is 12.2. The lowest BCUT2D eigenvalue weighted by atomic mass is 10.0. The first-order valence-corrected chi connectivity index (χ1v) is 9.84. The van der Waals surface area contributed by atoms with Crippen LogP contribution in [-0.4, -0.2) is 33.1 Å². The molecule has 0 spiro atoms. The van der Waals surface area contributed by atoms with Gasteiger partial charge in [0.1, 0.15) is 0 Å². The van der Waals surface area contributed by atoms with Crippen LogP contribution in [0.2, 0.25) is 0 Å². The zero-order valence-electron chi connectivity index (χ0n) is 16.0. The molecule has 1 amide bonds. The second kappa shape index (κ2) is 7.43. The Kier molecular flexibility index (Phi) is 4.48. The highest BCUT2D eigenvalue weighted by atomic mass is 16.2. The Morgan fingerprint density at radius 2 is 1.79 bits per heavy atom. The number of fused-ring (bicyclic) bond motifs is 2. The van der Waals surface area contributed by atoms with E-state index in [-0.39, 0.29) is 5.91 Å². The molecule has 3 heterocycles. The van der Waals surface area contributed by atoms with Crippen molar-refractivity contribution in [1.82, 2.24) is 15.0 Å². The topological polar surface area (TPSA) is 58.5 Å². The Morgan fingerprint density at radius 3 is 2.66 bits per heavy atom. The number of para-hydroxylation sites is 2. The van der Waals surface area contributed by atoms with E-state index in [9.17, 15) is 4.79 Å². The lowest BCUT2D eigenvalue weighted by molar-refractivity contribution is -0.127. The summed E-state index contributed by atoms with van der Waals surface area (Å²) < 4.78 is 0. The fourth-order valence-corrected chi connectivity index (χ4v) is 3.78. The van der Waals surface area contributed by atoms with Gasteiger partial charge in [-0.25, -0.2) is 9.99 Å². The summed E-state index contributed by atoms with van der Waals surface area (Å²) in [5, 5.41) is 8.53. The van der Waals surface area contributed by atoms with Crippen LogP contribution in [0.3, 0.4) is 0 Å². The van der Waals surface area contributed by atoms with Gasteiger partial charge in [0.25, 0.3) is 0 Å². The van der Waals surface area contributed by atoms with E-state index in [1.165, 1.54) is 0 Å². The van der Waals surface area contributed by atoms with Crippen LogP contribution in [0.5, 0.6) is 0 Å². The highest BCUT2D eigenvalue weighted by Crippen LogP contribution is 2.21. The minimum atomic E-state index is 0.0721. The SMILES string of the molecule is O=C1CCCN1/N=C(\Cc1ccnc2ccccc12)c1ccc2ccccc2n1. The number of hydrogen-bond donors (Lipinski definition) is 0. The number of nitrogens with zero attached hydrogens (tertiary/aromatic N) is 4. The molecule has 5 nitrogen and oxygen atoms in total. The lowest BCUT2D eigenvalue weighted by Crippen LogP contribution is -2.22. The van der Waals surface area contributed by atoms with Crippen molar-refractivity contribution < 1.29 is 4.79 Å². The molecule has 1 aliphatic rings. The molecule has 1 aliphatic heterocycles. The molecule has 0 N–H and O–H groups in total. The molecule has 0 unspecified atom stereocenters. The fraction of sp³-hybridized carbons (Fsp3) is 0.167. The standard InChI is InChI=1S/C24H20N4O/c29-24-10-5-15-28(24)27-23(22-12-11-17-6-1-3-8-20(17)26-22)16-18-13-14-25-21-9-4-2-7-19(18)21/h1-4,6-9,11-14H,5,10,15-16H2/b27-23+. The minimum Gasteiger partial charge on any atom is -0.273 e. The quantitative estimate of drug-likeness (QED) is 0.495. The monoisotopic (exact) mass is 380 g/mol. The highest BCUT2D eigenvalue weighted by Gasteiger charge is 2.21. The van der Waals surface area contributed by atoms with Crippen molar-refractivity contribution in [2.45, 2.75) is 19.3 Å². The van der Waals surface area contributed by atoms with Crippen molar-refractivity contribution in [3.05, 3.63) is 84.2 Å². The molecular formula is C24H20N4O. The van der Waals surface area contributed by atoms with Gasteiger partial charge in [-0.3, -0.25) is 9.78 Å². The largest absolute Gasteiger partial charge is 0.273 e. The molecule has 0 bridgehead atoms. The number of carbonyl (C=O) groups excluding carboxylic acids is 1. The number of rotatable bonds is 4. The van der Waals surface area contributed by atoms with E-state index < -0.39 is 0 Å². The van der Waals surface area contributed by atoms with Gasteiger partial charge in [-0.05, 0) is 36.2 Å². The van der Waals surface area contributed by atoms with Gasteiger partial charge in [0.2, 0.25) is 5.91 Å². The smallest absolute Gasteiger partial charge is 0.242 e. The van der Waals surface area contributed by atoms with E-state index in [2.05, 4.69) is 17.1 Å². The van der Waals surface area contributed by atoms with E-state index in [4.69, 9.17) is 10.1 Å². The summed E-state index contributed by atoms with van der Waals surface area (Å²) in [5.74, 6) is 0.0721. The fourth-order valence-electron chi connectivity index (χ4n) is 3.78. The number of benzene rings is 2. The van der Waals surface area contributed by atoms with Gasteiger partial charge in [0, 0.05) is 36.4 Å². The second-order valence-corrected chi connectivity index (χ2v) is 7.22. The molecule has 0 aliphatic carbocycles. The summed E-state index contributed by atoms with van der Waals surface area (Å²) >= 11 is 0. The first kappa shape index (κ1) is 17.5. The van der Waals surface area contributed by atoms with Crippen LogP contribution in [0, 0.1) is 0 Å². The maximum atomic E-state index is 12.2. The highest BCUT2D eigenvalue weighted by molar-refractivity contribution is 6.04. The van der Waals surface area contributed by atoms with Gasteiger partial charge in [-0.1, -0.05) is 42.5 Å². The summed E-state index contributed by atoms with van der Waals surface area (Å²) in [4.78, 5) is 21.5. The van der Waals surface area contributed by atoms with Gasteiger partial charge in [0.05, 0.1) is 22.4 Å². The van der Waals surface area contributed by atoms with Crippen molar-refractivity contribution in [2.75, 3.05) is 6.54 Å². The summed E-state index contributed by atoms with van der Waals surface area (Å²) in [5.41, 5.74) is 4.58. The molecule has 29 heavy (non-hydrogen) atoms. The van der Waals surface area contributed by atoms with Crippen molar-refractivity contribution in [3.63, 3.8) is 0 Å². The predicted octanol–water partition coefficient (Wildman–Crippen LogP) is 4.35. The average Bonchev–Trinajstić information content (AvgIpc) is 3.17. The molecule has 4 aromatic rings. The average molecular weight is 380 g/mol. The number of aromatic nitrogens is 2. The van der Waals surface area contributed by atoms with Gasteiger partial charge in [-0.2, -0.15) is 5.10 Å². The van der Waals surface area contributed by atoms with Gasteiger partial charge in [0.15, 0.2) is 0 Å². The molecule has 5 heteroatoms. The zero-order chi connectivity index (χ0) is 19.6. The van der Waals surface area contributed by atoms with Gasteiger partial charge < -0.3 is 0 Å². The molecule has 1 saturated heterocycles. The normalized spacial score (nSPS) is 14.8. The number of amides is 1. The van der Waals surface area contributed by atoms with Crippen LogP contribution < -0.4 is 0 Å². The van der Waals surface area contributed by atoms with E-state index >= 15 is 0 Å². The third-order valence-corrected chi connectivity index (χ3v) is 5.28. The van der Waals surface area contributed by atoms with Crippen molar-refractivity contribution in [2.24, 2.45) is 5.10 Å².